The van der Waals surface area contributed by atoms with E-state index in [0.717, 1.165) is 5.56 Å². The van der Waals surface area contributed by atoms with Gasteiger partial charge in [-0.05, 0) is 18.6 Å². The summed E-state index contributed by atoms with van der Waals surface area (Å²) in [6.07, 6.45) is 7.02. The minimum atomic E-state index is -0.839. The monoisotopic (exact) mass is 218 g/mol. The smallest absolute Gasteiger partial charge is 0.305 e. The highest BCUT2D eigenvalue weighted by atomic mass is 16.4. The van der Waals surface area contributed by atoms with Gasteiger partial charge in [-0.3, -0.25) is 4.79 Å². The summed E-state index contributed by atoms with van der Waals surface area (Å²) in [6.45, 7) is 2.68. The zero-order valence-corrected chi connectivity index (χ0v) is 9.18. The number of hydrogen-bond acceptors (Lipinski definition) is 3. The summed E-state index contributed by atoms with van der Waals surface area (Å²) in [4.78, 5) is 16.5. The Hall–Kier alpha value is -2.02. The average molecular weight is 218 g/mol. The average Bonchev–Trinajstić information content (AvgIpc) is 2.25. The predicted molar refractivity (Wildman–Crippen MR) is 62.3 cm³/mol. The van der Waals surface area contributed by atoms with Gasteiger partial charge in [-0.1, -0.05) is 12.0 Å². The van der Waals surface area contributed by atoms with E-state index in [1.54, 1.807) is 11.1 Å². The van der Waals surface area contributed by atoms with E-state index in [1.807, 2.05) is 19.1 Å². The number of hydrogen-bond donors (Lipinski definition) is 1. The molecule has 0 fully saturated rings. The van der Waals surface area contributed by atoms with Crippen LogP contribution in [0.2, 0.25) is 0 Å². The number of aromatic nitrogens is 1. The van der Waals surface area contributed by atoms with Gasteiger partial charge in [0.2, 0.25) is 0 Å². The minimum Gasteiger partial charge on any atom is -0.481 e. The molecular formula is C12H14N2O2. The first kappa shape index (κ1) is 12.1. The summed E-state index contributed by atoms with van der Waals surface area (Å²) in [7, 11) is 0. The SMILES string of the molecule is C#CCN(CCC(=O)O)c1ccc(C)cn1. The quantitative estimate of drug-likeness (QED) is 0.757. The van der Waals surface area contributed by atoms with Crippen LogP contribution in [0.4, 0.5) is 5.82 Å². The van der Waals surface area contributed by atoms with Gasteiger partial charge in [0.1, 0.15) is 5.82 Å². The van der Waals surface area contributed by atoms with Crippen molar-refractivity contribution in [3.63, 3.8) is 0 Å². The van der Waals surface area contributed by atoms with Gasteiger partial charge in [0.25, 0.3) is 0 Å². The second-order valence-corrected chi connectivity index (χ2v) is 3.46. The van der Waals surface area contributed by atoms with Crippen LogP contribution in [-0.4, -0.2) is 29.1 Å². The third kappa shape index (κ3) is 3.62. The summed E-state index contributed by atoms with van der Waals surface area (Å²) in [5.41, 5.74) is 1.06. The van der Waals surface area contributed by atoms with E-state index < -0.39 is 5.97 Å². The maximum atomic E-state index is 10.5. The fourth-order valence-electron chi connectivity index (χ4n) is 1.26. The minimum absolute atomic E-state index is 0.0528. The van der Waals surface area contributed by atoms with Crippen LogP contribution >= 0.6 is 0 Å². The molecule has 0 spiro atoms. The fraction of sp³-hybridized carbons (Fsp3) is 0.333. The van der Waals surface area contributed by atoms with E-state index in [0.29, 0.717) is 18.9 Å². The molecule has 1 heterocycles. The summed E-state index contributed by atoms with van der Waals surface area (Å²) in [5.74, 6) is 2.37. The van der Waals surface area contributed by atoms with Crippen molar-refractivity contribution in [2.24, 2.45) is 0 Å². The molecule has 4 heteroatoms. The van der Waals surface area contributed by atoms with Crippen molar-refractivity contribution < 1.29 is 9.90 Å². The molecule has 0 saturated carbocycles. The van der Waals surface area contributed by atoms with E-state index >= 15 is 0 Å². The molecule has 0 aliphatic heterocycles. The van der Waals surface area contributed by atoms with Gasteiger partial charge < -0.3 is 10.0 Å². The van der Waals surface area contributed by atoms with E-state index in [-0.39, 0.29) is 6.42 Å². The van der Waals surface area contributed by atoms with Gasteiger partial charge in [0, 0.05) is 12.7 Å². The van der Waals surface area contributed by atoms with Gasteiger partial charge in [-0.2, -0.15) is 0 Å². The third-order valence-electron chi connectivity index (χ3n) is 2.10. The van der Waals surface area contributed by atoms with Crippen LogP contribution in [0.5, 0.6) is 0 Å². The van der Waals surface area contributed by atoms with Crippen LogP contribution in [0.1, 0.15) is 12.0 Å². The summed E-state index contributed by atoms with van der Waals surface area (Å²) < 4.78 is 0. The molecule has 1 aromatic heterocycles. The van der Waals surface area contributed by atoms with E-state index in [9.17, 15) is 4.79 Å². The number of aryl methyl sites for hydroxylation is 1. The zero-order chi connectivity index (χ0) is 12.0. The van der Waals surface area contributed by atoms with Gasteiger partial charge in [0.15, 0.2) is 0 Å². The van der Waals surface area contributed by atoms with Gasteiger partial charge in [0.05, 0.1) is 13.0 Å². The number of pyridine rings is 1. The largest absolute Gasteiger partial charge is 0.481 e. The molecule has 0 aliphatic rings. The lowest BCUT2D eigenvalue weighted by molar-refractivity contribution is -0.136. The molecule has 16 heavy (non-hydrogen) atoms. The van der Waals surface area contributed by atoms with Crippen LogP contribution in [0.25, 0.3) is 0 Å². The number of carboxylic acids is 1. The maximum Gasteiger partial charge on any atom is 0.305 e. The van der Waals surface area contributed by atoms with E-state index in [4.69, 9.17) is 11.5 Å². The predicted octanol–water partition coefficient (Wildman–Crippen LogP) is 1.30. The number of terminal acetylenes is 1. The van der Waals surface area contributed by atoms with Crippen LogP contribution in [-0.2, 0) is 4.79 Å². The molecule has 0 aromatic carbocycles. The molecule has 0 bridgehead atoms. The molecule has 0 unspecified atom stereocenters. The lowest BCUT2D eigenvalue weighted by atomic mass is 10.3. The normalized spacial score (nSPS) is 9.50. The number of carboxylic acid groups (broad SMARTS) is 1. The maximum absolute atomic E-state index is 10.5. The standard InChI is InChI=1S/C12H14N2O2/c1-3-7-14(8-6-12(15)16)11-5-4-10(2)9-13-11/h1,4-5,9H,6-8H2,2H3,(H,15,16). The van der Waals surface area contributed by atoms with Crippen molar-refractivity contribution in [1.29, 1.82) is 0 Å². The van der Waals surface area contributed by atoms with Gasteiger partial charge in [-0.25, -0.2) is 4.98 Å². The van der Waals surface area contributed by atoms with Crippen LogP contribution in [0.15, 0.2) is 18.3 Å². The topological polar surface area (TPSA) is 53.4 Å². The highest BCUT2D eigenvalue weighted by Gasteiger charge is 2.08. The summed E-state index contributed by atoms with van der Waals surface area (Å²) in [6, 6.07) is 3.77. The Bertz CT molecular complexity index is 392. The first-order chi connectivity index (χ1) is 7.63. The third-order valence-corrected chi connectivity index (χ3v) is 2.10. The lowest BCUT2D eigenvalue weighted by Gasteiger charge is -2.20. The Morgan fingerprint density at radius 2 is 2.38 bits per heavy atom. The molecule has 0 aliphatic carbocycles. The first-order valence-electron chi connectivity index (χ1n) is 4.96. The Labute approximate surface area is 94.9 Å². The first-order valence-corrected chi connectivity index (χ1v) is 4.96. The van der Waals surface area contributed by atoms with Crippen molar-refractivity contribution in [3.05, 3.63) is 23.9 Å². The summed E-state index contributed by atoms with van der Waals surface area (Å²) in [5, 5.41) is 8.62. The van der Waals surface area contributed by atoms with Gasteiger partial charge >= 0.3 is 5.97 Å². The molecule has 1 N–H and O–H groups in total. The van der Waals surface area contributed by atoms with Crippen LogP contribution in [0.3, 0.4) is 0 Å². The van der Waals surface area contributed by atoms with Crippen molar-refractivity contribution in [2.75, 3.05) is 18.0 Å². The Morgan fingerprint density at radius 3 is 2.88 bits per heavy atom. The van der Waals surface area contributed by atoms with E-state index in [1.165, 1.54) is 0 Å². The van der Waals surface area contributed by atoms with Crippen molar-refractivity contribution >= 4 is 11.8 Å². The number of carbonyl (C=O) groups is 1. The molecule has 1 rings (SSSR count). The zero-order valence-electron chi connectivity index (χ0n) is 9.18. The number of nitrogens with zero attached hydrogens (tertiary/aromatic N) is 2. The fourth-order valence-corrected chi connectivity index (χ4v) is 1.26. The molecule has 1 aromatic rings. The Morgan fingerprint density at radius 1 is 1.62 bits per heavy atom. The molecule has 0 atom stereocenters. The number of aliphatic carboxylic acids is 1. The van der Waals surface area contributed by atoms with Crippen molar-refractivity contribution in [2.45, 2.75) is 13.3 Å². The highest BCUT2D eigenvalue weighted by Crippen LogP contribution is 2.10. The molecule has 0 saturated heterocycles. The van der Waals surface area contributed by atoms with E-state index in [2.05, 4.69) is 10.9 Å². The molecule has 0 amide bonds. The van der Waals surface area contributed by atoms with Crippen molar-refractivity contribution in [3.8, 4) is 12.3 Å². The molecule has 84 valence electrons. The van der Waals surface area contributed by atoms with Crippen LogP contribution in [0, 0.1) is 19.3 Å². The number of anilines is 1. The number of rotatable bonds is 5. The second-order valence-electron chi connectivity index (χ2n) is 3.46. The van der Waals surface area contributed by atoms with Gasteiger partial charge in [-0.15, -0.1) is 6.42 Å². The lowest BCUT2D eigenvalue weighted by Crippen LogP contribution is -2.27. The van der Waals surface area contributed by atoms with Crippen LogP contribution < -0.4 is 4.90 Å². The Balaban J connectivity index is 2.73. The second kappa shape index (κ2) is 5.76. The molecular weight excluding hydrogens is 204 g/mol. The molecule has 4 nitrogen and oxygen atoms in total. The highest BCUT2D eigenvalue weighted by molar-refractivity contribution is 5.67. The van der Waals surface area contributed by atoms with Crippen molar-refractivity contribution in [1.82, 2.24) is 4.98 Å². The Kier molecular flexibility index (Phi) is 4.34. The summed E-state index contributed by atoms with van der Waals surface area (Å²) >= 11 is 0. The molecule has 0 radical (unpaired) electrons.